The summed E-state index contributed by atoms with van der Waals surface area (Å²) < 4.78 is 1.69. The SMILES string of the molecule is NC(=O)c1cc(Cl)c(-n2cnc3c(Nc4cc(CO)ncn4)nccc32)c(Cl)c1. The van der Waals surface area contributed by atoms with E-state index in [1.54, 1.807) is 29.2 Å². The molecule has 0 unspecified atom stereocenters. The molecule has 29 heavy (non-hydrogen) atoms. The highest BCUT2D eigenvalue weighted by Crippen LogP contribution is 2.33. The Morgan fingerprint density at radius 3 is 2.59 bits per heavy atom. The molecule has 0 fully saturated rings. The van der Waals surface area contributed by atoms with E-state index in [1.165, 1.54) is 18.5 Å². The van der Waals surface area contributed by atoms with E-state index in [0.717, 1.165) is 0 Å². The Kier molecular flexibility index (Phi) is 5.01. The van der Waals surface area contributed by atoms with Crippen molar-refractivity contribution in [2.45, 2.75) is 6.61 Å². The second kappa shape index (κ2) is 7.63. The third-order valence-electron chi connectivity index (χ3n) is 4.14. The van der Waals surface area contributed by atoms with Crippen LogP contribution in [0.25, 0.3) is 16.7 Å². The quantitative estimate of drug-likeness (QED) is 0.444. The van der Waals surface area contributed by atoms with Crippen LogP contribution in [0.15, 0.2) is 43.1 Å². The van der Waals surface area contributed by atoms with Crippen molar-refractivity contribution in [2.24, 2.45) is 5.73 Å². The number of pyridine rings is 1. The Labute approximate surface area is 174 Å². The molecule has 3 heterocycles. The van der Waals surface area contributed by atoms with Crippen LogP contribution in [-0.2, 0) is 6.61 Å². The number of aliphatic hydroxyl groups excluding tert-OH is 1. The number of hydrogen-bond donors (Lipinski definition) is 3. The molecule has 4 N–H and O–H groups in total. The minimum absolute atomic E-state index is 0.207. The van der Waals surface area contributed by atoms with Crippen molar-refractivity contribution < 1.29 is 9.90 Å². The summed E-state index contributed by atoms with van der Waals surface area (Å²) in [5.41, 5.74) is 7.66. The van der Waals surface area contributed by atoms with E-state index in [2.05, 4.69) is 25.3 Å². The van der Waals surface area contributed by atoms with Gasteiger partial charge in [0.25, 0.3) is 0 Å². The molecule has 4 aromatic rings. The number of aliphatic hydroxyl groups is 1. The smallest absolute Gasteiger partial charge is 0.248 e. The average molecular weight is 430 g/mol. The molecule has 0 aliphatic rings. The fraction of sp³-hybridized carbons (Fsp3) is 0.0556. The van der Waals surface area contributed by atoms with Crippen LogP contribution in [0.4, 0.5) is 11.6 Å². The van der Waals surface area contributed by atoms with Crippen LogP contribution in [-0.4, -0.2) is 35.5 Å². The highest BCUT2D eigenvalue weighted by Gasteiger charge is 2.17. The number of nitrogens with one attached hydrogen (secondary N) is 1. The van der Waals surface area contributed by atoms with E-state index < -0.39 is 5.91 Å². The zero-order valence-electron chi connectivity index (χ0n) is 14.7. The molecule has 9 nitrogen and oxygen atoms in total. The maximum Gasteiger partial charge on any atom is 0.248 e. The zero-order valence-corrected chi connectivity index (χ0v) is 16.2. The molecule has 3 aromatic heterocycles. The Morgan fingerprint density at radius 2 is 1.90 bits per heavy atom. The predicted octanol–water partition coefficient (Wildman–Crippen LogP) is 2.85. The molecule has 0 saturated heterocycles. The van der Waals surface area contributed by atoms with Crippen LogP contribution < -0.4 is 11.1 Å². The highest BCUT2D eigenvalue weighted by atomic mass is 35.5. The van der Waals surface area contributed by atoms with Crippen molar-refractivity contribution >= 4 is 51.8 Å². The van der Waals surface area contributed by atoms with Crippen molar-refractivity contribution in [3.05, 3.63) is 64.4 Å². The van der Waals surface area contributed by atoms with Crippen LogP contribution in [0.1, 0.15) is 16.1 Å². The lowest BCUT2D eigenvalue weighted by atomic mass is 10.2. The van der Waals surface area contributed by atoms with Crippen molar-refractivity contribution in [2.75, 3.05) is 5.32 Å². The molecule has 11 heteroatoms. The second-order valence-corrected chi connectivity index (χ2v) is 6.79. The van der Waals surface area contributed by atoms with Gasteiger partial charge in [-0.1, -0.05) is 23.2 Å². The molecule has 0 aliphatic heterocycles. The lowest BCUT2D eigenvalue weighted by Gasteiger charge is -2.11. The molecule has 146 valence electrons. The highest BCUT2D eigenvalue weighted by molar-refractivity contribution is 6.38. The number of carbonyl (C=O) groups excluding carboxylic acids is 1. The third kappa shape index (κ3) is 3.58. The van der Waals surface area contributed by atoms with Gasteiger partial charge in [0.1, 0.15) is 24.0 Å². The molecule has 0 aliphatic carbocycles. The first-order chi connectivity index (χ1) is 14.0. The number of benzene rings is 1. The minimum Gasteiger partial charge on any atom is -0.390 e. The molecule has 4 rings (SSSR count). The summed E-state index contributed by atoms with van der Waals surface area (Å²) in [6, 6.07) is 6.26. The molecular formula is C18H13Cl2N7O2. The average Bonchev–Trinajstić information content (AvgIpc) is 3.12. The van der Waals surface area contributed by atoms with Crippen molar-refractivity contribution in [1.82, 2.24) is 24.5 Å². The van der Waals surface area contributed by atoms with Gasteiger partial charge in [-0.15, -0.1) is 0 Å². The van der Waals surface area contributed by atoms with Gasteiger partial charge in [-0.25, -0.2) is 19.9 Å². The number of carbonyl (C=O) groups is 1. The van der Waals surface area contributed by atoms with Crippen molar-refractivity contribution in [3.63, 3.8) is 0 Å². The summed E-state index contributed by atoms with van der Waals surface area (Å²) in [5.74, 6) is 0.281. The normalized spacial score (nSPS) is 11.0. The molecule has 0 saturated carbocycles. The van der Waals surface area contributed by atoms with Crippen LogP contribution >= 0.6 is 23.2 Å². The summed E-state index contributed by atoms with van der Waals surface area (Å²) in [4.78, 5) is 28.2. The lowest BCUT2D eigenvalue weighted by Crippen LogP contribution is -2.11. The van der Waals surface area contributed by atoms with E-state index in [4.69, 9.17) is 28.9 Å². The fourth-order valence-electron chi connectivity index (χ4n) is 2.82. The molecule has 1 aromatic carbocycles. The molecular weight excluding hydrogens is 417 g/mol. The van der Waals surface area contributed by atoms with Gasteiger partial charge in [0.15, 0.2) is 5.82 Å². The summed E-state index contributed by atoms with van der Waals surface area (Å²) in [6.07, 6.45) is 4.48. The molecule has 0 radical (unpaired) electrons. The fourth-order valence-corrected chi connectivity index (χ4v) is 3.49. The first kappa shape index (κ1) is 19.1. The Bertz CT molecular complexity index is 1220. The van der Waals surface area contributed by atoms with Gasteiger partial charge in [-0.2, -0.15) is 0 Å². The third-order valence-corrected chi connectivity index (χ3v) is 4.72. The van der Waals surface area contributed by atoms with Gasteiger partial charge in [0.2, 0.25) is 5.91 Å². The number of rotatable bonds is 5. The standard InChI is InChI=1S/C18H13Cl2N7O2/c19-11-3-9(17(21)29)4-12(20)16(11)27-8-25-15-13(27)1-2-22-18(15)26-14-5-10(6-28)23-7-24-14/h1-5,7-8,28H,6H2,(H2,21,29)(H,22,23,24,26). The van der Waals surface area contributed by atoms with Gasteiger partial charge in [0.05, 0.1) is 33.6 Å². The van der Waals surface area contributed by atoms with E-state index in [1.807, 2.05) is 0 Å². The minimum atomic E-state index is -0.626. The van der Waals surface area contributed by atoms with Crippen LogP contribution in [0, 0.1) is 0 Å². The number of nitrogens with zero attached hydrogens (tertiary/aromatic N) is 5. The van der Waals surface area contributed by atoms with Crippen molar-refractivity contribution in [3.8, 4) is 5.69 Å². The van der Waals surface area contributed by atoms with Crippen molar-refractivity contribution in [1.29, 1.82) is 0 Å². The number of hydrogen-bond acceptors (Lipinski definition) is 7. The largest absolute Gasteiger partial charge is 0.390 e. The predicted molar refractivity (Wildman–Crippen MR) is 109 cm³/mol. The Morgan fingerprint density at radius 1 is 1.14 bits per heavy atom. The molecule has 0 atom stereocenters. The van der Waals surface area contributed by atoms with Gasteiger partial charge in [-0.3, -0.25) is 9.36 Å². The van der Waals surface area contributed by atoms with Gasteiger partial charge >= 0.3 is 0 Å². The maximum atomic E-state index is 11.4. The maximum absolute atomic E-state index is 11.4. The molecule has 1 amide bonds. The molecule has 0 spiro atoms. The van der Waals surface area contributed by atoms with Gasteiger partial charge in [-0.05, 0) is 18.2 Å². The van der Waals surface area contributed by atoms with E-state index in [0.29, 0.717) is 34.1 Å². The van der Waals surface area contributed by atoms with E-state index >= 15 is 0 Å². The first-order valence-electron chi connectivity index (χ1n) is 8.28. The number of imidazole rings is 1. The van der Waals surface area contributed by atoms with Gasteiger partial charge < -0.3 is 16.2 Å². The van der Waals surface area contributed by atoms with E-state index in [9.17, 15) is 9.90 Å². The summed E-state index contributed by atoms with van der Waals surface area (Å²) in [7, 11) is 0. The Balaban J connectivity index is 1.80. The number of halogens is 2. The number of primary amides is 1. The lowest BCUT2D eigenvalue weighted by molar-refractivity contribution is 0.100. The second-order valence-electron chi connectivity index (χ2n) is 5.97. The number of anilines is 2. The van der Waals surface area contributed by atoms with Crippen LogP contribution in [0.3, 0.4) is 0 Å². The monoisotopic (exact) mass is 429 g/mol. The van der Waals surface area contributed by atoms with Crippen LogP contribution in [0.2, 0.25) is 10.0 Å². The number of amides is 1. The summed E-state index contributed by atoms with van der Waals surface area (Å²) >= 11 is 12.7. The Hall–Kier alpha value is -3.27. The number of nitrogens with two attached hydrogens (primary N) is 1. The summed E-state index contributed by atoms with van der Waals surface area (Å²) in [6.45, 7) is -0.207. The zero-order chi connectivity index (χ0) is 20.5. The molecule has 0 bridgehead atoms. The topological polar surface area (TPSA) is 132 Å². The van der Waals surface area contributed by atoms with Crippen LogP contribution in [0.5, 0.6) is 0 Å². The van der Waals surface area contributed by atoms with Gasteiger partial charge in [0, 0.05) is 17.8 Å². The number of aromatic nitrogens is 5. The number of fused-ring (bicyclic) bond motifs is 1. The first-order valence-corrected chi connectivity index (χ1v) is 9.03. The summed E-state index contributed by atoms with van der Waals surface area (Å²) in [5, 5.41) is 12.8. The van der Waals surface area contributed by atoms with E-state index in [-0.39, 0.29) is 22.2 Å².